The Balaban J connectivity index is 2.48. The third kappa shape index (κ3) is 3.16. The Bertz CT molecular complexity index is 575. The number of halogens is 3. The van der Waals surface area contributed by atoms with Gasteiger partial charge in [-0.15, -0.1) is 0 Å². The van der Waals surface area contributed by atoms with Gasteiger partial charge in [-0.25, -0.2) is 8.78 Å². The van der Waals surface area contributed by atoms with Gasteiger partial charge in [0.15, 0.2) is 0 Å². The molecule has 1 unspecified atom stereocenters. The van der Waals surface area contributed by atoms with Crippen LogP contribution in [-0.2, 0) is 0 Å². The summed E-state index contributed by atoms with van der Waals surface area (Å²) in [5.74, 6) is -1.17. The van der Waals surface area contributed by atoms with Gasteiger partial charge in [-0.05, 0) is 40.7 Å². The van der Waals surface area contributed by atoms with E-state index in [-0.39, 0.29) is 0 Å². The molecule has 2 nitrogen and oxygen atoms in total. The molecule has 1 atom stereocenters. The van der Waals surface area contributed by atoms with Crippen LogP contribution in [0.1, 0.15) is 24.2 Å². The Morgan fingerprint density at radius 2 is 2.11 bits per heavy atom. The first kappa shape index (κ1) is 14.1. The van der Waals surface area contributed by atoms with Gasteiger partial charge in [0.1, 0.15) is 11.6 Å². The maximum Gasteiger partial charge on any atom is 0.131 e. The summed E-state index contributed by atoms with van der Waals surface area (Å²) in [6.07, 6.45) is 1.64. The van der Waals surface area contributed by atoms with Gasteiger partial charge >= 0.3 is 0 Å². The van der Waals surface area contributed by atoms with Crippen molar-refractivity contribution >= 4 is 15.9 Å². The van der Waals surface area contributed by atoms with Gasteiger partial charge < -0.3 is 5.32 Å². The Morgan fingerprint density at radius 3 is 2.74 bits per heavy atom. The molecule has 0 bridgehead atoms. The molecule has 1 aromatic heterocycles. The van der Waals surface area contributed by atoms with Crippen molar-refractivity contribution in [2.75, 3.05) is 6.54 Å². The first-order valence-corrected chi connectivity index (χ1v) is 6.71. The van der Waals surface area contributed by atoms with E-state index in [0.717, 1.165) is 10.5 Å². The molecule has 2 aromatic rings. The largest absolute Gasteiger partial charge is 0.305 e. The molecule has 0 aliphatic heterocycles. The average Bonchev–Trinajstić information content (AvgIpc) is 2.38. The number of nitrogens with zero attached hydrogens (tertiary/aromatic N) is 1. The Labute approximate surface area is 119 Å². The molecule has 1 N–H and O–H groups in total. The monoisotopic (exact) mass is 326 g/mol. The fourth-order valence-electron chi connectivity index (χ4n) is 1.90. The van der Waals surface area contributed by atoms with Crippen molar-refractivity contribution in [3.63, 3.8) is 0 Å². The number of benzene rings is 1. The van der Waals surface area contributed by atoms with Crippen LogP contribution in [0.25, 0.3) is 0 Å². The summed E-state index contributed by atoms with van der Waals surface area (Å²) in [5.41, 5.74) is 1.05. The Hall–Kier alpha value is -1.33. The highest BCUT2D eigenvalue weighted by atomic mass is 79.9. The smallest absolute Gasteiger partial charge is 0.131 e. The van der Waals surface area contributed by atoms with E-state index in [1.165, 1.54) is 12.1 Å². The minimum Gasteiger partial charge on any atom is -0.305 e. The van der Waals surface area contributed by atoms with Gasteiger partial charge in [-0.3, -0.25) is 4.98 Å². The summed E-state index contributed by atoms with van der Waals surface area (Å²) in [6, 6.07) is 6.79. The zero-order valence-electron chi connectivity index (χ0n) is 10.3. The maximum absolute atomic E-state index is 13.9. The lowest BCUT2D eigenvalue weighted by molar-refractivity contribution is 0.535. The second kappa shape index (κ2) is 6.21. The molecular formula is C14H13BrF2N2. The van der Waals surface area contributed by atoms with Crippen LogP contribution < -0.4 is 5.32 Å². The van der Waals surface area contributed by atoms with Gasteiger partial charge in [-0.2, -0.15) is 0 Å². The van der Waals surface area contributed by atoms with Crippen molar-refractivity contribution < 1.29 is 8.78 Å². The number of rotatable bonds is 4. The van der Waals surface area contributed by atoms with Gasteiger partial charge in [0.05, 0.1) is 11.7 Å². The van der Waals surface area contributed by atoms with E-state index in [2.05, 4.69) is 26.2 Å². The summed E-state index contributed by atoms with van der Waals surface area (Å²) < 4.78 is 27.7. The fourth-order valence-corrected chi connectivity index (χ4v) is 2.39. The van der Waals surface area contributed by atoms with Crippen LogP contribution in [0.2, 0.25) is 0 Å². The number of hydrogen-bond acceptors (Lipinski definition) is 2. The quantitative estimate of drug-likeness (QED) is 0.923. The molecule has 0 saturated carbocycles. The van der Waals surface area contributed by atoms with Crippen molar-refractivity contribution in [1.82, 2.24) is 10.3 Å². The predicted molar refractivity (Wildman–Crippen MR) is 73.8 cm³/mol. The molecule has 0 amide bonds. The third-order valence-electron chi connectivity index (χ3n) is 2.74. The molecule has 100 valence electrons. The van der Waals surface area contributed by atoms with E-state index in [0.29, 0.717) is 17.8 Å². The number of hydrogen-bond donors (Lipinski definition) is 1. The lowest BCUT2D eigenvalue weighted by atomic mass is 10.0. The average molecular weight is 327 g/mol. The van der Waals surface area contributed by atoms with Gasteiger partial charge in [-0.1, -0.05) is 13.0 Å². The summed E-state index contributed by atoms with van der Waals surface area (Å²) in [6.45, 7) is 2.57. The van der Waals surface area contributed by atoms with Gasteiger partial charge in [0.25, 0.3) is 0 Å². The summed E-state index contributed by atoms with van der Waals surface area (Å²) in [7, 11) is 0. The van der Waals surface area contributed by atoms with E-state index < -0.39 is 17.7 Å². The second-order valence-electron chi connectivity index (χ2n) is 4.03. The molecule has 19 heavy (non-hydrogen) atoms. The van der Waals surface area contributed by atoms with E-state index in [4.69, 9.17) is 0 Å². The Morgan fingerprint density at radius 1 is 1.32 bits per heavy atom. The minimum atomic E-state index is -0.586. The zero-order chi connectivity index (χ0) is 13.8. The molecule has 5 heteroatoms. The first-order chi connectivity index (χ1) is 9.13. The van der Waals surface area contributed by atoms with Crippen LogP contribution in [0.15, 0.2) is 41.0 Å². The highest BCUT2D eigenvalue weighted by molar-refractivity contribution is 9.10. The normalized spacial score (nSPS) is 12.4. The predicted octanol–water partition coefficient (Wildman–Crippen LogP) is 3.82. The van der Waals surface area contributed by atoms with Gasteiger partial charge in [0, 0.05) is 22.3 Å². The number of aromatic nitrogens is 1. The SMILES string of the molecule is CCNC(c1ccc(F)cc1F)c1ncccc1Br. The molecule has 0 aliphatic rings. The zero-order valence-corrected chi connectivity index (χ0v) is 11.9. The molecular weight excluding hydrogens is 314 g/mol. The maximum atomic E-state index is 13.9. The summed E-state index contributed by atoms with van der Waals surface area (Å²) in [5, 5.41) is 3.16. The fraction of sp³-hybridized carbons (Fsp3) is 0.214. The lowest BCUT2D eigenvalue weighted by Crippen LogP contribution is -2.24. The van der Waals surface area contributed by atoms with Crippen LogP contribution in [0.4, 0.5) is 8.78 Å². The molecule has 0 aliphatic carbocycles. The third-order valence-corrected chi connectivity index (χ3v) is 3.41. The topological polar surface area (TPSA) is 24.9 Å². The van der Waals surface area contributed by atoms with E-state index in [1.807, 2.05) is 13.0 Å². The van der Waals surface area contributed by atoms with Crippen molar-refractivity contribution in [2.24, 2.45) is 0 Å². The number of pyridine rings is 1. The van der Waals surface area contributed by atoms with Gasteiger partial charge in [0.2, 0.25) is 0 Å². The van der Waals surface area contributed by atoms with Crippen LogP contribution in [0, 0.1) is 11.6 Å². The van der Waals surface area contributed by atoms with E-state index in [9.17, 15) is 8.78 Å². The van der Waals surface area contributed by atoms with Crippen LogP contribution >= 0.6 is 15.9 Å². The summed E-state index contributed by atoms with van der Waals surface area (Å²) in [4.78, 5) is 4.27. The molecule has 0 fully saturated rings. The summed E-state index contributed by atoms with van der Waals surface area (Å²) >= 11 is 3.40. The highest BCUT2D eigenvalue weighted by Gasteiger charge is 2.20. The number of nitrogens with one attached hydrogen (secondary N) is 1. The van der Waals surface area contributed by atoms with Crippen molar-refractivity contribution in [3.05, 3.63) is 63.9 Å². The molecule has 0 saturated heterocycles. The van der Waals surface area contributed by atoms with Crippen LogP contribution in [0.5, 0.6) is 0 Å². The molecule has 0 spiro atoms. The minimum absolute atomic E-state index is 0.377. The van der Waals surface area contributed by atoms with Crippen molar-refractivity contribution in [2.45, 2.75) is 13.0 Å². The highest BCUT2D eigenvalue weighted by Crippen LogP contribution is 2.28. The van der Waals surface area contributed by atoms with Crippen LogP contribution in [-0.4, -0.2) is 11.5 Å². The van der Waals surface area contributed by atoms with E-state index in [1.54, 1.807) is 12.3 Å². The van der Waals surface area contributed by atoms with Crippen molar-refractivity contribution in [1.29, 1.82) is 0 Å². The second-order valence-corrected chi connectivity index (χ2v) is 4.88. The first-order valence-electron chi connectivity index (χ1n) is 5.92. The standard InChI is InChI=1S/C14H13BrF2N2/c1-2-18-13(14-11(15)4-3-7-19-14)10-6-5-9(16)8-12(10)17/h3-8,13,18H,2H2,1H3. The molecule has 1 heterocycles. The van der Waals surface area contributed by atoms with E-state index >= 15 is 0 Å². The lowest BCUT2D eigenvalue weighted by Gasteiger charge is -2.19. The van der Waals surface area contributed by atoms with Crippen LogP contribution in [0.3, 0.4) is 0 Å². The van der Waals surface area contributed by atoms with Crippen molar-refractivity contribution in [3.8, 4) is 0 Å². The molecule has 2 rings (SSSR count). The molecule has 0 radical (unpaired) electrons. The Kier molecular flexibility index (Phi) is 4.61. The molecule has 1 aromatic carbocycles.